The van der Waals surface area contributed by atoms with E-state index in [4.69, 9.17) is 4.74 Å². The van der Waals surface area contributed by atoms with E-state index in [-0.39, 0.29) is 43.5 Å². The molecule has 4 rings (SSSR count). The molecule has 0 aliphatic rings. The van der Waals surface area contributed by atoms with Gasteiger partial charge in [0.1, 0.15) is 17.3 Å². The van der Waals surface area contributed by atoms with Gasteiger partial charge >= 0.3 is 0 Å². The number of hydrogen-bond acceptors (Lipinski definition) is 6. The Morgan fingerprint density at radius 3 is 1.44 bits per heavy atom. The molecule has 4 unspecified atom stereocenters. The van der Waals surface area contributed by atoms with Gasteiger partial charge in [0.25, 0.3) is 0 Å². The number of halogens is 1. The molecule has 0 heterocycles. The van der Waals surface area contributed by atoms with E-state index in [1.54, 1.807) is 84.9 Å². The Balaban J connectivity index is 0.00000462. The molecule has 6 nitrogen and oxygen atoms in total. The molecule has 0 aromatic heterocycles. The van der Waals surface area contributed by atoms with E-state index in [1.807, 2.05) is 36.4 Å². The minimum atomic E-state index is -2.54. The lowest BCUT2D eigenvalue weighted by molar-refractivity contribution is -0.268. The molecule has 0 spiro atoms. The molecule has 216 valence electrons. The maximum Gasteiger partial charge on any atom is 0.155 e. The van der Waals surface area contributed by atoms with E-state index in [9.17, 15) is 25.2 Å². The summed E-state index contributed by atoms with van der Waals surface area (Å²) >= 11 is 0. The molecule has 0 saturated carbocycles. The fraction of sp³-hybridized carbons (Fsp3) is 0.265. The van der Waals surface area contributed by atoms with Crippen LogP contribution in [-0.4, -0.2) is 56.2 Å². The first kappa shape index (κ1) is 31.8. The highest BCUT2D eigenvalue weighted by Gasteiger charge is 2.64. The van der Waals surface area contributed by atoms with Gasteiger partial charge in [-0.1, -0.05) is 121 Å². The zero-order valence-electron chi connectivity index (χ0n) is 22.8. The second-order valence-corrected chi connectivity index (χ2v) is 10.3. The monoisotopic (exact) mass is 560 g/mol. The summed E-state index contributed by atoms with van der Waals surface area (Å²) in [6, 6.07) is 35.8. The minimum absolute atomic E-state index is 0. The van der Waals surface area contributed by atoms with Crippen molar-refractivity contribution in [1.29, 1.82) is 0 Å². The van der Waals surface area contributed by atoms with Crippen molar-refractivity contribution in [3.63, 3.8) is 0 Å². The molecule has 4 atom stereocenters. The molecule has 0 aliphatic heterocycles. The molecule has 0 aliphatic carbocycles. The van der Waals surface area contributed by atoms with Crippen molar-refractivity contribution >= 4 is 6.29 Å². The number of ether oxygens (including phenoxy) is 1. The predicted octanol–water partition coefficient (Wildman–Crippen LogP) is 3.84. The van der Waals surface area contributed by atoms with Gasteiger partial charge in [-0.05, 0) is 22.3 Å². The topological polar surface area (TPSA) is 107 Å². The van der Waals surface area contributed by atoms with Crippen LogP contribution in [0.5, 0.6) is 0 Å². The van der Waals surface area contributed by atoms with Gasteiger partial charge in [-0.15, -0.1) is 0 Å². The summed E-state index contributed by atoms with van der Waals surface area (Å²) in [5.74, 6) is 0. The molecule has 41 heavy (non-hydrogen) atoms. The Bertz CT molecular complexity index is 1320. The van der Waals surface area contributed by atoms with Gasteiger partial charge in [-0.2, -0.15) is 0 Å². The van der Waals surface area contributed by atoms with E-state index < -0.39 is 22.9 Å². The van der Waals surface area contributed by atoms with Gasteiger partial charge in [0.05, 0.1) is 13.2 Å². The Morgan fingerprint density at radius 1 is 0.610 bits per heavy atom. The molecule has 0 bridgehead atoms. The normalized spacial score (nSPS) is 16.3. The Hall–Kier alpha value is -3.72. The van der Waals surface area contributed by atoms with Crippen molar-refractivity contribution in [3.8, 4) is 0 Å². The van der Waals surface area contributed by atoms with Crippen LogP contribution in [0.25, 0.3) is 0 Å². The van der Waals surface area contributed by atoms with E-state index in [1.165, 1.54) is 0 Å². The summed E-state index contributed by atoms with van der Waals surface area (Å²) < 4.78 is 5.78. The standard InChI is InChI=1S/C34H36O6.FH/c35-26-32(37,21-27-13-5-1-6-14-27)34(39,23-29-17-9-3-10-18-29)33(38,22-28-15-7-2-8-16-28)31(36)25-40-24-30-19-11-4-12-20-30;/h1-20,26,31,36-39H,21-25H2;1H. The first-order valence-corrected chi connectivity index (χ1v) is 13.3. The van der Waals surface area contributed by atoms with E-state index in [0.717, 1.165) is 5.56 Å². The SMILES string of the molecule is F.O=CC(O)(Cc1ccccc1)C(O)(Cc1ccccc1)C(O)(Cc1ccccc1)C(O)COCc1ccccc1. The van der Waals surface area contributed by atoms with Gasteiger partial charge in [-0.25, -0.2) is 0 Å². The van der Waals surface area contributed by atoms with Crippen LogP contribution in [0.3, 0.4) is 0 Å². The summed E-state index contributed by atoms with van der Waals surface area (Å²) in [4.78, 5) is 12.8. The minimum Gasteiger partial charge on any atom is -0.388 e. The summed E-state index contributed by atoms with van der Waals surface area (Å²) in [7, 11) is 0. The van der Waals surface area contributed by atoms with Crippen LogP contribution in [0.15, 0.2) is 121 Å². The average molecular weight is 561 g/mol. The van der Waals surface area contributed by atoms with Gasteiger partial charge in [-0.3, -0.25) is 4.70 Å². The molecule has 0 saturated heterocycles. The molecule has 4 N–H and O–H groups in total. The average Bonchev–Trinajstić information content (AvgIpc) is 2.99. The predicted molar refractivity (Wildman–Crippen MR) is 156 cm³/mol. The number of benzene rings is 4. The lowest BCUT2D eigenvalue weighted by Gasteiger charge is -2.52. The van der Waals surface area contributed by atoms with Crippen LogP contribution in [0.2, 0.25) is 0 Å². The van der Waals surface area contributed by atoms with Gasteiger partial charge in [0, 0.05) is 19.3 Å². The number of aliphatic hydroxyl groups excluding tert-OH is 1. The first-order valence-electron chi connectivity index (χ1n) is 13.3. The third-order valence-electron chi connectivity index (χ3n) is 7.50. The quantitative estimate of drug-likeness (QED) is 0.175. The van der Waals surface area contributed by atoms with Crippen LogP contribution < -0.4 is 0 Å². The second kappa shape index (κ2) is 14.3. The molecule has 0 fully saturated rings. The van der Waals surface area contributed by atoms with Crippen LogP contribution in [0.1, 0.15) is 22.3 Å². The Morgan fingerprint density at radius 2 is 1.00 bits per heavy atom. The number of carbonyl (C=O) groups excluding carboxylic acids is 1. The summed E-state index contributed by atoms with van der Waals surface area (Å²) in [6.45, 7) is -0.187. The molecular weight excluding hydrogens is 523 g/mol. The highest BCUT2D eigenvalue weighted by molar-refractivity contribution is 5.67. The van der Waals surface area contributed by atoms with E-state index >= 15 is 0 Å². The zero-order valence-corrected chi connectivity index (χ0v) is 22.8. The number of hydrogen-bond donors (Lipinski definition) is 4. The molecule has 4 aromatic carbocycles. The lowest BCUT2D eigenvalue weighted by atomic mass is 9.62. The van der Waals surface area contributed by atoms with Gasteiger partial charge in [0.2, 0.25) is 0 Å². The fourth-order valence-electron chi connectivity index (χ4n) is 5.21. The maximum absolute atomic E-state index is 12.8. The molecule has 4 aromatic rings. The Labute approximate surface area is 239 Å². The van der Waals surface area contributed by atoms with Gasteiger partial charge < -0.3 is 30.0 Å². The second-order valence-electron chi connectivity index (χ2n) is 10.3. The van der Waals surface area contributed by atoms with Crippen molar-refractivity contribution in [2.75, 3.05) is 6.61 Å². The van der Waals surface area contributed by atoms with Crippen LogP contribution in [0, 0.1) is 0 Å². The highest BCUT2D eigenvalue weighted by atomic mass is 19.0. The van der Waals surface area contributed by atoms with Crippen LogP contribution in [0.4, 0.5) is 4.70 Å². The number of carbonyl (C=O) groups is 1. The summed E-state index contributed by atoms with van der Waals surface area (Å²) in [5.41, 5.74) is -4.80. The smallest absolute Gasteiger partial charge is 0.155 e. The van der Waals surface area contributed by atoms with Crippen molar-refractivity contribution in [1.82, 2.24) is 0 Å². The van der Waals surface area contributed by atoms with Crippen LogP contribution in [-0.2, 0) is 35.4 Å². The van der Waals surface area contributed by atoms with Crippen LogP contribution >= 0.6 is 0 Å². The largest absolute Gasteiger partial charge is 0.388 e. The van der Waals surface area contributed by atoms with Crippen molar-refractivity contribution in [3.05, 3.63) is 144 Å². The van der Waals surface area contributed by atoms with Gasteiger partial charge in [0.15, 0.2) is 11.9 Å². The van der Waals surface area contributed by atoms with Crippen molar-refractivity contribution < 1.29 is 34.7 Å². The third-order valence-corrected chi connectivity index (χ3v) is 7.50. The summed E-state index contributed by atoms with van der Waals surface area (Å²) in [6.07, 6.45) is -2.24. The highest BCUT2D eigenvalue weighted by Crippen LogP contribution is 2.42. The number of aldehydes is 1. The van der Waals surface area contributed by atoms with E-state index in [2.05, 4.69) is 0 Å². The fourth-order valence-corrected chi connectivity index (χ4v) is 5.21. The maximum atomic E-state index is 12.8. The molecule has 0 radical (unpaired) electrons. The van der Waals surface area contributed by atoms with E-state index in [0.29, 0.717) is 16.7 Å². The summed E-state index contributed by atoms with van der Waals surface area (Å²) in [5, 5.41) is 48.6. The Kier molecular flexibility index (Phi) is 11.1. The molecule has 7 heteroatoms. The van der Waals surface area contributed by atoms with Crippen molar-refractivity contribution in [2.45, 2.75) is 48.8 Å². The first-order chi connectivity index (χ1) is 19.3. The number of aliphatic hydroxyl groups is 4. The lowest BCUT2D eigenvalue weighted by Crippen LogP contribution is -2.75. The number of rotatable bonds is 14. The van der Waals surface area contributed by atoms with Crippen molar-refractivity contribution in [2.24, 2.45) is 0 Å². The third kappa shape index (κ3) is 7.33. The molecular formula is C34H37FO6. The zero-order chi connectivity index (χ0) is 28.5. The molecule has 0 amide bonds.